The number of esters is 1. The second kappa shape index (κ2) is 8.12. The number of benzene rings is 2. The lowest BCUT2D eigenvalue weighted by Crippen LogP contribution is -2.45. The Hall–Kier alpha value is -2.02. The third-order valence-electron chi connectivity index (χ3n) is 4.06. The molecule has 4 nitrogen and oxygen atoms in total. The topological polar surface area (TPSA) is 50.4 Å². The van der Waals surface area contributed by atoms with E-state index in [2.05, 4.69) is 10.6 Å². The van der Waals surface area contributed by atoms with Gasteiger partial charge in [0.25, 0.3) is 0 Å². The van der Waals surface area contributed by atoms with E-state index in [1.54, 1.807) is 23.9 Å². The summed E-state index contributed by atoms with van der Waals surface area (Å²) in [6.45, 7) is 0. The molecule has 2 aromatic carbocycles. The summed E-state index contributed by atoms with van der Waals surface area (Å²) in [6.07, 6.45) is 2.02. The Balaban J connectivity index is 2.14. The highest BCUT2D eigenvalue weighted by Crippen LogP contribution is 2.33. The maximum atomic E-state index is 12.6. The van der Waals surface area contributed by atoms with Crippen molar-refractivity contribution in [1.82, 2.24) is 10.6 Å². The van der Waals surface area contributed by atoms with Crippen LogP contribution in [-0.4, -0.2) is 24.4 Å². The van der Waals surface area contributed by atoms with Crippen molar-refractivity contribution in [2.75, 3.05) is 13.4 Å². The molecule has 1 aliphatic heterocycles. The molecule has 1 aliphatic rings. The second-order valence-electron chi connectivity index (χ2n) is 5.59. The number of rotatable bonds is 4. The summed E-state index contributed by atoms with van der Waals surface area (Å²) in [5, 5.41) is 7.33. The minimum absolute atomic E-state index is 0.405. The van der Waals surface area contributed by atoms with Crippen molar-refractivity contribution < 1.29 is 9.53 Å². The molecular formula is C19H17ClN2O2S2. The smallest absolute Gasteiger partial charge is 0.338 e. The van der Waals surface area contributed by atoms with Gasteiger partial charge in [0.2, 0.25) is 0 Å². The van der Waals surface area contributed by atoms with Gasteiger partial charge in [-0.05, 0) is 53.9 Å². The fourth-order valence-electron chi connectivity index (χ4n) is 2.79. The summed E-state index contributed by atoms with van der Waals surface area (Å²) in [4.78, 5) is 13.7. The Morgan fingerprint density at radius 3 is 2.38 bits per heavy atom. The van der Waals surface area contributed by atoms with E-state index in [-0.39, 0.29) is 0 Å². The molecule has 0 saturated heterocycles. The van der Waals surface area contributed by atoms with Crippen molar-refractivity contribution >= 4 is 52.4 Å². The third kappa shape index (κ3) is 3.87. The van der Waals surface area contributed by atoms with Gasteiger partial charge >= 0.3 is 5.97 Å². The average molecular weight is 405 g/mol. The van der Waals surface area contributed by atoms with Gasteiger partial charge in [0, 0.05) is 9.92 Å². The van der Waals surface area contributed by atoms with E-state index in [0.717, 1.165) is 16.0 Å². The van der Waals surface area contributed by atoms with Crippen LogP contribution in [0.2, 0.25) is 5.02 Å². The number of halogens is 1. The molecular weight excluding hydrogens is 388 g/mol. The fourth-order valence-corrected chi connectivity index (χ4v) is 3.54. The molecule has 0 radical (unpaired) electrons. The molecule has 0 amide bonds. The Labute approximate surface area is 167 Å². The van der Waals surface area contributed by atoms with Crippen molar-refractivity contribution in [3.63, 3.8) is 0 Å². The zero-order valence-electron chi connectivity index (χ0n) is 14.2. The highest BCUT2D eigenvalue weighted by Gasteiger charge is 2.32. The van der Waals surface area contributed by atoms with Crippen LogP contribution in [0.5, 0.6) is 0 Å². The molecule has 0 aliphatic carbocycles. The van der Waals surface area contributed by atoms with E-state index >= 15 is 0 Å². The summed E-state index contributed by atoms with van der Waals surface area (Å²) >= 11 is 13.0. The van der Waals surface area contributed by atoms with Gasteiger partial charge in [0.05, 0.1) is 24.4 Å². The Morgan fingerprint density at radius 1 is 1.15 bits per heavy atom. The molecule has 2 aromatic rings. The van der Waals surface area contributed by atoms with Crippen LogP contribution in [0.4, 0.5) is 0 Å². The maximum absolute atomic E-state index is 12.6. The SMILES string of the molecule is COC(=O)C1=C(c2ccc(Cl)cc2)NC(=S)N[C@@H]1c1ccc(SC)cc1. The van der Waals surface area contributed by atoms with Gasteiger partial charge in [-0.15, -0.1) is 11.8 Å². The van der Waals surface area contributed by atoms with E-state index < -0.39 is 12.0 Å². The summed E-state index contributed by atoms with van der Waals surface area (Å²) in [6, 6.07) is 14.8. The number of hydrogen-bond donors (Lipinski definition) is 2. The van der Waals surface area contributed by atoms with E-state index in [1.807, 2.05) is 42.7 Å². The second-order valence-corrected chi connectivity index (χ2v) is 7.32. The number of ether oxygens (including phenoxy) is 1. The highest BCUT2D eigenvalue weighted by molar-refractivity contribution is 7.98. The standard InChI is InChI=1S/C19H17ClN2O2S2/c1-24-18(23)15-16(11-3-7-13(20)8-4-11)21-19(25)22-17(15)12-5-9-14(26-2)10-6-12/h3-10,17H,1-2H3,(H2,21,22,25)/t17-/m1/s1. The normalized spacial score (nSPS) is 16.7. The van der Waals surface area contributed by atoms with Crippen LogP contribution in [0.3, 0.4) is 0 Å². The number of thiocarbonyl (C=S) groups is 1. The van der Waals surface area contributed by atoms with Gasteiger partial charge in [0.15, 0.2) is 5.11 Å². The zero-order valence-corrected chi connectivity index (χ0v) is 16.6. The van der Waals surface area contributed by atoms with Crippen LogP contribution in [0.1, 0.15) is 17.2 Å². The van der Waals surface area contributed by atoms with Crippen LogP contribution in [0.15, 0.2) is 59.0 Å². The lowest BCUT2D eigenvalue weighted by molar-refractivity contribution is -0.136. The fraction of sp³-hybridized carbons (Fsp3) is 0.158. The van der Waals surface area contributed by atoms with Crippen LogP contribution in [0.25, 0.3) is 5.70 Å². The van der Waals surface area contributed by atoms with Gasteiger partial charge in [-0.25, -0.2) is 4.79 Å². The first-order chi connectivity index (χ1) is 12.5. The summed E-state index contributed by atoms with van der Waals surface area (Å²) in [5.41, 5.74) is 2.83. The van der Waals surface area contributed by atoms with Crippen molar-refractivity contribution in [2.24, 2.45) is 0 Å². The molecule has 3 rings (SSSR count). The zero-order chi connectivity index (χ0) is 18.7. The lowest BCUT2D eigenvalue weighted by Gasteiger charge is -2.31. The van der Waals surface area contributed by atoms with Crippen molar-refractivity contribution in [3.05, 3.63) is 70.3 Å². The minimum atomic E-state index is -0.420. The number of hydrogen-bond acceptors (Lipinski definition) is 4. The number of thioether (sulfide) groups is 1. The van der Waals surface area contributed by atoms with Gasteiger partial charge in [-0.3, -0.25) is 0 Å². The molecule has 134 valence electrons. The van der Waals surface area contributed by atoms with Gasteiger partial charge in [-0.1, -0.05) is 35.9 Å². The molecule has 0 aromatic heterocycles. The van der Waals surface area contributed by atoms with Crippen molar-refractivity contribution in [2.45, 2.75) is 10.9 Å². The Morgan fingerprint density at radius 2 is 1.81 bits per heavy atom. The molecule has 26 heavy (non-hydrogen) atoms. The Kier molecular flexibility index (Phi) is 5.86. The monoisotopic (exact) mass is 404 g/mol. The van der Waals surface area contributed by atoms with Crippen LogP contribution in [-0.2, 0) is 9.53 Å². The molecule has 0 spiro atoms. The molecule has 7 heteroatoms. The predicted molar refractivity (Wildman–Crippen MR) is 110 cm³/mol. The molecule has 1 atom stereocenters. The van der Waals surface area contributed by atoms with E-state index in [0.29, 0.717) is 21.4 Å². The number of carbonyl (C=O) groups is 1. The van der Waals surface area contributed by atoms with E-state index in [4.69, 9.17) is 28.6 Å². The van der Waals surface area contributed by atoms with Gasteiger partial charge in [0.1, 0.15) is 0 Å². The van der Waals surface area contributed by atoms with Gasteiger partial charge in [-0.2, -0.15) is 0 Å². The van der Waals surface area contributed by atoms with Crippen LogP contribution < -0.4 is 10.6 Å². The first-order valence-corrected chi connectivity index (χ1v) is 9.84. The lowest BCUT2D eigenvalue weighted by atomic mass is 9.93. The molecule has 0 saturated carbocycles. The third-order valence-corrected chi connectivity index (χ3v) is 5.27. The largest absolute Gasteiger partial charge is 0.466 e. The minimum Gasteiger partial charge on any atom is -0.466 e. The highest BCUT2D eigenvalue weighted by atomic mass is 35.5. The van der Waals surface area contributed by atoms with E-state index in [1.165, 1.54) is 7.11 Å². The summed E-state index contributed by atoms with van der Waals surface area (Å²) < 4.78 is 5.05. The molecule has 0 fully saturated rings. The predicted octanol–water partition coefficient (Wildman–Crippen LogP) is 4.17. The molecule has 0 unspecified atom stereocenters. The van der Waals surface area contributed by atoms with Crippen molar-refractivity contribution in [3.8, 4) is 0 Å². The van der Waals surface area contributed by atoms with Gasteiger partial charge < -0.3 is 15.4 Å². The molecule has 1 heterocycles. The number of nitrogens with one attached hydrogen (secondary N) is 2. The Bertz CT molecular complexity index is 864. The molecule has 2 N–H and O–H groups in total. The van der Waals surface area contributed by atoms with Crippen LogP contribution >= 0.6 is 35.6 Å². The maximum Gasteiger partial charge on any atom is 0.338 e. The first-order valence-electron chi connectivity index (χ1n) is 7.83. The average Bonchev–Trinajstić information content (AvgIpc) is 2.67. The quantitative estimate of drug-likeness (QED) is 0.453. The number of methoxy groups -OCH3 is 1. The summed E-state index contributed by atoms with van der Waals surface area (Å²) in [5.74, 6) is -0.420. The van der Waals surface area contributed by atoms with E-state index in [9.17, 15) is 4.79 Å². The summed E-state index contributed by atoms with van der Waals surface area (Å²) in [7, 11) is 1.37. The first kappa shape index (κ1) is 18.8. The van der Waals surface area contributed by atoms with Crippen molar-refractivity contribution in [1.29, 1.82) is 0 Å². The molecule has 0 bridgehead atoms. The number of carbonyl (C=O) groups excluding carboxylic acids is 1. The van der Waals surface area contributed by atoms with Crippen LogP contribution in [0, 0.1) is 0 Å².